The van der Waals surface area contributed by atoms with Crippen LogP contribution in [0.25, 0.3) is 0 Å². The van der Waals surface area contributed by atoms with Crippen molar-refractivity contribution in [3.63, 3.8) is 0 Å². The van der Waals surface area contributed by atoms with Crippen LogP contribution in [0.2, 0.25) is 0 Å². The lowest BCUT2D eigenvalue weighted by Crippen LogP contribution is -2.27. The number of hydrogen-bond donors (Lipinski definition) is 2. The van der Waals surface area contributed by atoms with Gasteiger partial charge in [-0.3, -0.25) is 4.68 Å². The molecule has 6 nitrogen and oxygen atoms in total. The highest BCUT2D eigenvalue weighted by Crippen LogP contribution is 2.19. The van der Waals surface area contributed by atoms with Crippen molar-refractivity contribution >= 4 is 15.8 Å². The van der Waals surface area contributed by atoms with Gasteiger partial charge in [-0.25, -0.2) is 13.1 Å². The van der Waals surface area contributed by atoms with Crippen molar-refractivity contribution < 1.29 is 8.42 Å². The van der Waals surface area contributed by atoms with Crippen LogP contribution in [-0.4, -0.2) is 18.2 Å². The van der Waals surface area contributed by atoms with Gasteiger partial charge in [0.2, 0.25) is 10.0 Å². The van der Waals surface area contributed by atoms with Gasteiger partial charge in [-0.2, -0.15) is 5.10 Å². The van der Waals surface area contributed by atoms with Crippen molar-refractivity contribution in [3.8, 4) is 0 Å². The predicted octanol–water partition coefficient (Wildman–Crippen LogP) is 1.04. The second-order valence-electron chi connectivity index (χ2n) is 4.31. The summed E-state index contributed by atoms with van der Waals surface area (Å²) in [6, 6.07) is 8.98. The molecule has 0 bridgehead atoms. The maximum Gasteiger partial charge on any atom is 0.246 e. The Kier molecular flexibility index (Phi) is 3.59. The van der Waals surface area contributed by atoms with Gasteiger partial charge in [0.25, 0.3) is 0 Å². The van der Waals surface area contributed by atoms with Gasteiger partial charge >= 0.3 is 0 Å². The summed E-state index contributed by atoms with van der Waals surface area (Å²) in [6.45, 7) is 1.78. The summed E-state index contributed by atoms with van der Waals surface area (Å²) in [6.07, 6.45) is 1.38. The highest BCUT2D eigenvalue weighted by molar-refractivity contribution is 7.89. The van der Waals surface area contributed by atoms with Crippen LogP contribution in [0, 0.1) is 0 Å². The minimum absolute atomic E-state index is 0.00205. The fourth-order valence-electron chi connectivity index (χ4n) is 1.80. The molecule has 0 fully saturated rings. The number of sulfonamides is 1. The third-order valence-electron chi connectivity index (χ3n) is 2.74. The number of nitrogen functional groups attached to an aromatic ring is 1. The molecule has 19 heavy (non-hydrogen) atoms. The molecule has 1 unspecified atom stereocenters. The van der Waals surface area contributed by atoms with Gasteiger partial charge in [0.1, 0.15) is 4.90 Å². The third-order valence-corrected chi connectivity index (χ3v) is 4.30. The summed E-state index contributed by atoms with van der Waals surface area (Å²) < 4.78 is 28.4. The Balaban J connectivity index is 2.25. The first kappa shape index (κ1) is 13.6. The second-order valence-corrected chi connectivity index (χ2v) is 5.99. The minimum Gasteiger partial charge on any atom is -0.381 e. The zero-order valence-corrected chi connectivity index (χ0v) is 11.6. The van der Waals surface area contributed by atoms with Gasteiger partial charge in [-0.1, -0.05) is 30.3 Å². The average Bonchev–Trinajstić information content (AvgIpc) is 2.70. The molecule has 102 valence electrons. The normalized spacial score (nSPS) is 13.4. The number of benzene rings is 1. The summed E-state index contributed by atoms with van der Waals surface area (Å²) in [5.74, 6) is -0.00439. The number of aryl methyl sites for hydroxylation is 1. The van der Waals surface area contributed by atoms with E-state index in [0.29, 0.717) is 0 Å². The van der Waals surface area contributed by atoms with Gasteiger partial charge in [0.05, 0.1) is 0 Å². The Labute approximate surface area is 112 Å². The van der Waals surface area contributed by atoms with Gasteiger partial charge in [-0.15, -0.1) is 0 Å². The molecule has 0 aliphatic rings. The molecule has 0 aliphatic heterocycles. The van der Waals surface area contributed by atoms with Crippen molar-refractivity contribution in [1.29, 1.82) is 0 Å². The number of rotatable bonds is 4. The van der Waals surface area contributed by atoms with E-state index in [-0.39, 0.29) is 16.8 Å². The SMILES string of the molecule is CC(NS(=O)(=O)c1cn(C)nc1N)c1ccccc1. The molecule has 1 heterocycles. The van der Waals surface area contributed by atoms with Crippen LogP contribution in [0.15, 0.2) is 41.4 Å². The highest BCUT2D eigenvalue weighted by Gasteiger charge is 2.23. The predicted molar refractivity (Wildman–Crippen MR) is 72.8 cm³/mol. The van der Waals surface area contributed by atoms with E-state index in [2.05, 4.69) is 9.82 Å². The average molecular weight is 280 g/mol. The Hall–Kier alpha value is -1.86. The second kappa shape index (κ2) is 5.02. The summed E-state index contributed by atoms with van der Waals surface area (Å²) >= 11 is 0. The molecule has 0 saturated carbocycles. The Bertz CT molecular complexity index is 664. The number of hydrogen-bond acceptors (Lipinski definition) is 4. The molecule has 1 aromatic carbocycles. The zero-order valence-electron chi connectivity index (χ0n) is 10.7. The maximum absolute atomic E-state index is 12.2. The monoisotopic (exact) mass is 280 g/mol. The molecule has 0 saturated heterocycles. The molecular weight excluding hydrogens is 264 g/mol. The third kappa shape index (κ3) is 2.94. The Morgan fingerprint density at radius 2 is 1.95 bits per heavy atom. The number of nitrogens with one attached hydrogen (secondary N) is 1. The van der Waals surface area contributed by atoms with Crippen molar-refractivity contribution in [1.82, 2.24) is 14.5 Å². The minimum atomic E-state index is -3.68. The molecule has 2 aromatic rings. The lowest BCUT2D eigenvalue weighted by molar-refractivity contribution is 0.567. The first-order chi connectivity index (χ1) is 8.90. The van der Waals surface area contributed by atoms with E-state index in [1.807, 2.05) is 30.3 Å². The van der Waals surface area contributed by atoms with Crippen LogP contribution in [0.4, 0.5) is 5.82 Å². The largest absolute Gasteiger partial charge is 0.381 e. The maximum atomic E-state index is 12.2. The van der Waals surface area contributed by atoms with Crippen LogP contribution in [-0.2, 0) is 17.1 Å². The van der Waals surface area contributed by atoms with E-state index < -0.39 is 10.0 Å². The van der Waals surface area contributed by atoms with Crippen molar-refractivity contribution in [2.75, 3.05) is 5.73 Å². The molecule has 1 atom stereocenters. The summed E-state index contributed by atoms with van der Waals surface area (Å²) in [5.41, 5.74) is 6.47. The molecule has 0 spiro atoms. The van der Waals surface area contributed by atoms with Gasteiger partial charge in [0, 0.05) is 19.3 Å². The van der Waals surface area contributed by atoms with Crippen LogP contribution in [0.1, 0.15) is 18.5 Å². The van der Waals surface area contributed by atoms with Gasteiger partial charge in [-0.05, 0) is 12.5 Å². The molecule has 2 rings (SSSR count). The zero-order chi connectivity index (χ0) is 14.0. The van der Waals surface area contributed by atoms with Crippen molar-refractivity contribution in [2.45, 2.75) is 17.9 Å². The standard InChI is InChI=1S/C12H16N4O2S/c1-9(10-6-4-3-5-7-10)15-19(17,18)11-8-16(2)14-12(11)13/h3-9,15H,1-2H3,(H2,13,14). The molecule has 1 aromatic heterocycles. The first-order valence-electron chi connectivity index (χ1n) is 5.76. The van der Waals surface area contributed by atoms with Gasteiger partial charge in [0.15, 0.2) is 5.82 Å². The van der Waals surface area contributed by atoms with E-state index >= 15 is 0 Å². The lowest BCUT2D eigenvalue weighted by Gasteiger charge is -2.13. The summed E-state index contributed by atoms with van der Waals surface area (Å²) in [5, 5.41) is 3.83. The molecule has 0 amide bonds. The van der Waals surface area contributed by atoms with Crippen molar-refractivity contribution in [2.24, 2.45) is 7.05 Å². The number of nitrogens with zero attached hydrogens (tertiary/aromatic N) is 2. The van der Waals surface area contributed by atoms with E-state index in [4.69, 9.17) is 5.73 Å². The Morgan fingerprint density at radius 3 is 2.47 bits per heavy atom. The van der Waals surface area contributed by atoms with E-state index in [1.165, 1.54) is 10.9 Å². The quantitative estimate of drug-likeness (QED) is 0.875. The molecule has 3 N–H and O–H groups in total. The summed E-state index contributed by atoms with van der Waals surface area (Å²) in [7, 11) is -2.05. The topological polar surface area (TPSA) is 90.0 Å². The van der Waals surface area contributed by atoms with Gasteiger partial charge < -0.3 is 5.73 Å². The Morgan fingerprint density at radius 1 is 1.32 bits per heavy atom. The highest BCUT2D eigenvalue weighted by atomic mass is 32.2. The van der Waals surface area contributed by atoms with Crippen LogP contribution < -0.4 is 10.5 Å². The van der Waals surface area contributed by atoms with Crippen LogP contribution in [0.3, 0.4) is 0 Å². The van der Waals surface area contributed by atoms with E-state index in [0.717, 1.165) is 5.56 Å². The number of nitrogens with two attached hydrogens (primary N) is 1. The van der Waals surface area contributed by atoms with Crippen molar-refractivity contribution in [3.05, 3.63) is 42.1 Å². The van der Waals surface area contributed by atoms with E-state index in [1.54, 1.807) is 14.0 Å². The lowest BCUT2D eigenvalue weighted by atomic mass is 10.1. The molecular formula is C12H16N4O2S. The molecule has 0 radical (unpaired) electrons. The fourth-order valence-corrected chi connectivity index (χ4v) is 3.13. The van der Waals surface area contributed by atoms with Crippen LogP contribution in [0.5, 0.6) is 0 Å². The first-order valence-corrected chi connectivity index (χ1v) is 7.25. The molecule has 7 heteroatoms. The molecule has 0 aliphatic carbocycles. The smallest absolute Gasteiger partial charge is 0.246 e. The summed E-state index contributed by atoms with van der Waals surface area (Å²) in [4.78, 5) is -0.00205. The van der Waals surface area contributed by atoms with E-state index in [9.17, 15) is 8.42 Å². The van der Waals surface area contributed by atoms with Crippen LogP contribution >= 0.6 is 0 Å². The number of aromatic nitrogens is 2. The fraction of sp³-hybridized carbons (Fsp3) is 0.250. The number of anilines is 1.